The van der Waals surface area contributed by atoms with Gasteiger partial charge in [0.05, 0.1) is 4.47 Å². The Balaban J connectivity index is 0.00000200. The third-order valence-electron chi connectivity index (χ3n) is 3.91. The highest BCUT2D eigenvalue weighted by Gasteiger charge is 2.33. The van der Waals surface area contributed by atoms with E-state index in [0.29, 0.717) is 4.47 Å². The van der Waals surface area contributed by atoms with E-state index in [1.165, 1.54) is 12.1 Å². The van der Waals surface area contributed by atoms with Gasteiger partial charge in [0.25, 0.3) is 0 Å². The molecule has 0 spiro atoms. The smallest absolute Gasteiger partial charge is 0.144 e. The molecule has 1 atom stereocenters. The Bertz CT molecular complexity index is 482. The number of hydrogen-bond donors (Lipinski definition) is 1. The number of hydrogen-bond acceptors (Lipinski definition) is 2. The van der Waals surface area contributed by atoms with Crippen molar-refractivity contribution in [1.82, 2.24) is 4.90 Å². The summed E-state index contributed by atoms with van der Waals surface area (Å²) in [5.74, 6) is -0.999. The van der Waals surface area contributed by atoms with Crippen molar-refractivity contribution < 1.29 is 8.78 Å². The van der Waals surface area contributed by atoms with E-state index >= 15 is 0 Å². The monoisotopic (exact) mass is 368 g/mol. The third-order valence-corrected chi connectivity index (χ3v) is 4.52. The van der Waals surface area contributed by atoms with E-state index < -0.39 is 11.6 Å². The van der Waals surface area contributed by atoms with Gasteiger partial charge in [-0.2, -0.15) is 0 Å². The molecule has 2 rings (SSSR count). The first-order valence-corrected chi connectivity index (χ1v) is 7.21. The Kier molecular flexibility index (Phi) is 5.96. The molecule has 1 aromatic carbocycles. The summed E-state index contributed by atoms with van der Waals surface area (Å²) in [7, 11) is 0. The highest BCUT2D eigenvalue weighted by molar-refractivity contribution is 9.10. The second kappa shape index (κ2) is 6.69. The van der Waals surface area contributed by atoms with Crippen LogP contribution in [0.4, 0.5) is 8.78 Å². The standard InChI is InChI=1S/C14H19BrF2N2.ClH/c1-14(2)8-19(6-5-12(14)18)7-9-11(16)4-3-10(15)13(9)17;/h3-4,12H,5-8,18H2,1-2H3;1H. The number of halogens is 4. The summed E-state index contributed by atoms with van der Waals surface area (Å²) in [6.45, 7) is 6.00. The first-order valence-electron chi connectivity index (χ1n) is 6.41. The molecule has 0 bridgehead atoms. The minimum Gasteiger partial charge on any atom is -0.327 e. The van der Waals surface area contributed by atoms with Crippen LogP contribution in [0, 0.1) is 17.0 Å². The molecule has 1 saturated heterocycles. The minimum absolute atomic E-state index is 0. The van der Waals surface area contributed by atoms with Crippen molar-refractivity contribution in [2.24, 2.45) is 11.1 Å². The van der Waals surface area contributed by atoms with Crippen LogP contribution in [-0.2, 0) is 6.54 Å². The molecule has 1 aliphatic heterocycles. The average Bonchev–Trinajstić information content (AvgIpc) is 2.34. The van der Waals surface area contributed by atoms with Gasteiger partial charge >= 0.3 is 0 Å². The van der Waals surface area contributed by atoms with Crippen molar-refractivity contribution in [3.63, 3.8) is 0 Å². The predicted molar refractivity (Wildman–Crippen MR) is 83.0 cm³/mol. The zero-order valence-corrected chi connectivity index (χ0v) is 14.0. The number of rotatable bonds is 2. The highest BCUT2D eigenvalue weighted by Crippen LogP contribution is 2.30. The quantitative estimate of drug-likeness (QED) is 0.805. The molecule has 6 heteroatoms. The van der Waals surface area contributed by atoms with Crippen LogP contribution >= 0.6 is 28.3 Å². The van der Waals surface area contributed by atoms with E-state index in [1.54, 1.807) is 0 Å². The van der Waals surface area contributed by atoms with Crippen molar-refractivity contribution in [3.8, 4) is 0 Å². The van der Waals surface area contributed by atoms with E-state index in [2.05, 4.69) is 34.7 Å². The normalized spacial score (nSPS) is 22.4. The Labute approximate surface area is 133 Å². The van der Waals surface area contributed by atoms with Crippen LogP contribution in [0.25, 0.3) is 0 Å². The molecule has 0 radical (unpaired) electrons. The zero-order chi connectivity index (χ0) is 14.2. The molecule has 0 aromatic heterocycles. The number of piperidine rings is 1. The fraction of sp³-hybridized carbons (Fsp3) is 0.571. The zero-order valence-electron chi connectivity index (χ0n) is 11.6. The van der Waals surface area contributed by atoms with E-state index in [-0.39, 0.29) is 36.0 Å². The van der Waals surface area contributed by atoms with Gasteiger partial charge in [0.15, 0.2) is 0 Å². The van der Waals surface area contributed by atoms with Crippen LogP contribution in [0.2, 0.25) is 0 Å². The highest BCUT2D eigenvalue weighted by atomic mass is 79.9. The fourth-order valence-electron chi connectivity index (χ4n) is 2.56. The number of nitrogens with two attached hydrogens (primary N) is 1. The van der Waals surface area contributed by atoms with Gasteiger partial charge in [-0.1, -0.05) is 13.8 Å². The summed E-state index contributed by atoms with van der Waals surface area (Å²) in [6, 6.07) is 2.83. The summed E-state index contributed by atoms with van der Waals surface area (Å²) in [5, 5.41) is 0. The molecule has 1 heterocycles. The molecule has 1 unspecified atom stereocenters. The number of benzene rings is 1. The molecule has 1 aliphatic rings. The van der Waals surface area contributed by atoms with E-state index in [0.717, 1.165) is 19.5 Å². The van der Waals surface area contributed by atoms with E-state index in [9.17, 15) is 8.78 Å². The summed E-state index contributed by atoms with van der Waals surface area (Å²) in [5.41, 5.74) is 6.16. The lowest BCUT2D eigenvalue weighted by Gasteiger charge is -2.42. The lowest BCUT2D eigenvalue weighted by Crippen LogP contribution is -2.52. The van der Waals surface area contributed by atoms with E-state index in [4.69, 9.17) is 5.73 Å². The van der Waals surface area contributed by atoms with Gasteiger partial charge in [0.2, 0.25) is 0 Å². The van der Waals surface area contributed by atoms with Crippen molar-refractivity contribution >= 4 is 28.3 Å². The molecular weight excluding hydrogens is 350 g/mol. The van der Waals surface area contributed by atoms with Gasteiger partial charge < -0.3 is 5.73 Å². The molecule has 0 saturated carbocycles. The Hall–Kier alpha value is -0.230. The van der Waals surface area contributed by atoms with Crippen LogP contribution in [0.3, 0.4) is 0 Å². The summed E-state index contributed by atoms with van der Waals surface area (Å²) in [6.07, 6.45) is 0.851. The number of likely N-dealkylation sites (tertiary alicyclic amines) is 1. The topological polar surface area (TPSA) is 29.3 Å². The maximum absolute atomic E-state index is 13.9. The van der Waals surface area contributed by atoms with Gasteiger partial charge in [-0.3, -0.25) is 4.90 Å². The van der Waals surface area contributed by atoms with Crippen molar-refractivity contribution in [1.29, 1.82) is 0 Å². The molecule has 20 heavy (non-hydrogen) atoms. The van der Waals surface area contributed by atoms with Crippen molar-refractivity contribution in [2.45, 2.75) is 32.9 Å². The molecule has 0 aliphatic carbocycles. The van der Waals surface area contributed by atoms with Crippen molar-refractivity contribution in [3.05, 3.63) is 33.8 Å². The van der Waals surface area contributed by atoms with Crippen molar-refractivity contribution in [2.75, 3.05) is 13.1 Å². The van der Waals surface area contributed by atoms with Gasteiger partial charge in [0.1, 0.15) is 11.6 Å². The van der Waals surface area contributed by atoms with E-state index in [1.807, 2.05) is 0 Å². The maximum atomic E-state index is 13.9. The molecule has 0 amide bonds. The van der Waals surface area contributed by atoms with Gasteiger partial charge in [-0.05, 0) is 39.9 Å². The molecule has 1 fully saturated rings. The van der Waals surface area contributed by atoms with Crippen LogP contribution in [0.15, 0.2) is 16.6 Å². The largest absolute Gasteiger partial charge is 0.327 e. The Morgan fingerprint density at radius 3 is 2.65 bits per heavy atom. The lowest BCUT2D eigenvalue weighted by atomic mass is 9.79. The minimum atomic E-state index is -0.507. The second-order valence-electron chi connectivity index (χ2n) is 5.92. The first kappa shape index (κ1) is 17.8. The molecule has 2 nitrogen and oxygen atoms in total. The van der Waals surface area contributed by atoms with Crippen LogP contribution in [0.1, 0.15) is 25.8 Å². The van der Waals surface area contributed by atoms with Gasteiger partial charge in [-0.25, -0.2) is 8.78 Å². The molecule has 114 valence electrons. The predicted octanol–water partition coefficient (Wildman–Crippen LogP) is 3.71. The lowest BCUT2D eigenvalue weighted by molar-refractivity contribution is 0.0880. The fourth-order valence-corrected chi connectivity index (χ4v) is 2.93. The third kappa shape index (κ3) is 3.70. The molecular formula is C14H20BrClF2N2. The molecule has 1 aromatic rings. The maximum Gasteiger partial charge on any atom is 0.144 e. The second-order valence-corrected chi connectivity index (χ2v) is 6.77. The number of nitrogens with zero attached hydrogens (tertiary/aromatic N) is 1. The van der Waals surface area contributed by atoms with Gasteiger partial charge in [0, 0.05) is 31.2 Å². The summed E-state index contributed by atoms with van der Waals surface area (Å²) >= 11 is 3.10. The SMILES string of the molecule is CC1(C)CN(Cc2c(F)ccc(Br)c2F)CCC1N.Cl. The van der Waals surface area contributed by atoms with Gasteiger partial charge in [-0.15, -0.1) is 12.4 Å². The average molecular weight is 370 g/mol. The summed E-state index contributed by atoms with van der Waals surface area (Å²) in [4.78, 5) is 2.07. The van der Waals surface area contributed by atoms with Crippen LogP contribution in [0.5, 0.6) is 0 Å². The van der Waals surface area contributed by atoms with Crippen LogP contribution in [-0.4, -0.2) is 24.0 Å². The summed E-state index contributed by atoms with van der Waals surface area (Å²) < 4.78 is 28.0. The van der Waals surface area contributed by atoms with Crippen LogP contribution < -0.4 is 5.73 Å². The molecule has 2 N–H and O–H groups in total. The Morgan fingerprint density at radius 2 is 2.05 bits per heavy atom. The Morgan fingerprint density at radius 1 is 1.40 bits per heavy atom. The first-order chi connectivity index (χ1) is 8.81.